The van der Waals surface area contributed by atoms with E-state index < -0.39 is 0 Å². The van der Waals surface area contributed by atoms with E-state index in [2.05, 4.69) is 6.92 Å². The second-order valence-corrected chi connectivity index (χ2v) is 4.68. The van der Waals surface area contributed by atoms with Gasteiger partial charge < -0.3 is 4.74 Å². The summed E-state index contributed by atoms with van der Waals surface area (Å²) in [5.41, 5.74) is 0. The first-order valence-corrected chi connectivity index (χ1v) is 6.41. The Morgan fingerprint density at radius 3 is 2.21 bits per heavy atom. The second-order valence-electron chi connectivity index (χ2n) is 4.68. The highest BCUT2D eigenvalue weighted by molar-refractivity contribution is 4.86. The monoisotopic (exact) mass is 198 g/mol. The molecule has 0 aliphatic heterocycles. The smallest absolute Gasteiger partial charge is 0.0604 e. The van der Waals surface area contributed by atoms with Crippen molar-refractivity contribution in [2.24, 2.45) is 5.92 Å². The molecule has 1 aliphatic carbocycles. The molecule has 1 fully saturated rings. The van der Waals surface area contributed by atoms with Crippen molar-refractivity contribution in [2.75, 3.05) is 7.11 Å². The highest BCUT2D eigenvalue weighted by Gasteiger charge is 2.36. The Bertz CT molecular complexity index is 133. The summed E-state index contributed by atoms with van der Waals surface area (Å²) >= 11 is 0. The van der Waals surface area contributed by atoms with Gasteiger partial charge in [-0.2, -0.15) is 0 Å². The molecule has 0 aromatic rings. The summed E-state index contributed by atoms with van der Waals surface area (Å²) in [5.74, 6) is 0.913. The Hall–Kier alpha value is -0.0400. The lowest BCUT2D eigenvalue weighted by Gasteiger charge is -2.00. The number of hydrogen-bond donors (Lipinski definition) is 0. The first kappa shape index (κ1) is 12.0. The van der Waals surface area contributed by atoms with Gasteiger partial charge in [0.25, 0.3) is 0 Å². The lowest BCUT2D eigenvalue weighted by Crippen LogP contribution is -1.91. The van der Waals surface area contributed by atoms with E-state index in [4.69, 9.17) is 4.74 Å². The Labute approximate surface area is 89.2 Å². The Morgan fingerprint density at radius 1 is 1.00 bits per heavy atom. The molecular formula is C13H26O. The lowest BCUT2D eigenvalue weighted by molar-refractivity contribution is 0.167. The largest absolute Gasteiger partial charge is 0.381 e. The first-order chi connectivity index (χ1) is 6.88. The van der Waals surface area contributed by atoms with E-state index in [-0.39, 0.29) is 0 Å². The summed E-state index contributed by atoms with van der Waals surface area (Å²) in [5, 5.41) is 0. The molecule has 0 aromatic heterocycles. The van der Waals surface area contributed by atoms with Gasteiger partial charge in [0.2, 0.25) is 0 Å². The minimum Gasteiger partial charge on any atom is -0.381 e. The topological polar surface area (TPSA) is 9.23 Å². The molecule has 14 heavy (non-hydrogen) atoms. The number of methoxy groups -OCH3 is 1. The number of ether oxygens (including phenoxy) is 1. The maximum atomic E-state index is 5.28. The van der Waals surface area contributed by atoms with Gasteiger partial charge in [0.05, 0.1) is 6.10 Å². The lowest BCUT2D eigenvalue weighted by atomic mass is 10.1. The average Bonchev–Trinajstić information content (AvgIpc) is 2.95. The van der Waals surface area contributed by atoms with Gasteiger partial charge in [-0.15, -0.1) is 0 Å². The van der Waals surface area contributed by atoms with E-state index in [1.54, 1.807) is 0 Å². The van der Waals surface area contributed by atoms with E-state index in [0.29, 0.717) is 6.10 Å². The summed E-state index contributed by atoms with van der Waals surface area (Å²) in [6.45, 7) is 2.28. The summed E-state index contributed by atoms with van der Waals surface area (Å²) in [6, 6.07) is 0. The minimum atomic E-state index is 0.620. The molecule has 0 spiro atoms. The third kappa shape index (κ3) is 4.99. The summed E-state index contributed by atoms with van der Waals surface area (Å²) in [7, 11) is 1.84. The van der Waals surface area contributed by atoms with Crippen LogP contribution in [0.2, 0.25) is 0 Å². The molecule has 84 valence electrons. The molecule has 1 saturated carbocycles. The average molecular weight is 198 g/mol. The van der Waals surface area contributed by atoms with E-state index >= 15 is 0 Å². The number of rotatable bonds is 9. The van der Waals surface area contributed by atoms with Crippen molar-refractivity contribution in [3.8, 4) is 0 Å². The molecule has 1 nitrogen and oxygen atoms in total. The highest BCUT2D eigenvalue weighted by Crippen LogP contribution is 2.37. The molecule has 0 aromatic carbocycles. The third-order valence-corrected chi connectivity index (χ3v) is 3.34. The SMILES string of the molecule is CCCCCCCCCC1CC1OC. The van der Waals surface area contributed by atoms with Crippen LogP contribution in [0.1, 0.15) is 64.7 Å². The van der Waals surface area contributed by atoms with Crippen LogP contribution in [0.15, 0.2) is 0 Å². The fourth-order valence-corrected chi connectivity index (χ4v) is 2.18. The Balaban J connectivity index is 1.73. The van der Waals surface area contributed by atoms with Crippen LogP contribution in [0.3, 0.4) is 0 Å². The molecule has 0 N–H and O–H groups in total. The van der Waals surface area contributed by atoms with Crippen molar-refractivity contribution in [3.05, 3.63) is 0 Å². The predicted octanol–water partition coefficient (Wildman–Crippen LogP) is 4.16. The number of unbranched alkanes of at least 4 members (excludes halogenated alkanes) is 6. The molecule has 0 heterocycles. The van der Waals surface area contributed by atoms with Crippen LogP contribution in [0, 0.1) is 5.92 Å². The van der Waals surface area contributed by atoms with E-state index in [1.807, 2.05) is 7.11 Å². The van der Waals surface area contributed by atoms with Crippen LogP contribution in [0.25, 0.3) is 0 Å². The highest BCUT2D eigenvalue weighted by atomic mass is 16.5. The zero-order chi connectivity index (χ0) is 10.2. The standard InChI is InChI=1S/C13H26O/c1-3-4-5-6-7-8-9-10-12-11-13(12)14-2/h12-13H,3-11H2,1-2H3. The van der Waals surface area contributed by atoms with Crippen LogP contribution in [0.4, 0.5) is 0 Å². The summed E-state index contributed by atoms with van der Waals surface area (Å²) < 4.78 is 5.28. The normalized spacial score (nSPS) is 25.3. The van der Waals surface area contributed by atoms with E-state index in [1.165, 1.54) is 57.8 Å². The van der Waals surface area contributed by atoms with Crippen molar-refractivity contribution >= 4 is 0 Å². The molecule has 0 saturated heterocycles. The van der Waals surface area contributed by atoms with Crippen LogP contribution in [-0.4, -0.2) is 13.2 Å². The Kier molecular flexibility index (Phi) is 6.25. The third-order valence-electron chi connectivity index (χ3n) is 3.34. The molecule has 0 amide bonds. The zero-order valence-electron chi connectivity index (χ0n) is 9.93. The van der Waals surface area contributed by atoms with Gasteiger partial charge in [-0.05, 0) is 18.8 Å². The molecule has 0 radical (unpaired) electrons. The fraction of sp³-hybridized carbons (Fsp3) is 1.00. The maximum absolute atomic E-state index is 5.28. The first-order valence-electron chi connectivity index (χ1n) is 6.41. The van der Waals surface area contributed by atoms with Crippen molar-refractivity contribution in [2.45, 2.75) is 70.8 Å². The van der Waals surface area contributed by atoms with Crippen LogP contribution >= 0.6 is 0 Å². The van der Waals surface area contributed by atoms with Gasteiger partial charge in [0.15, 0.2) is 0 Å². The molecule has 0 bridgehead atoms. The molecular weight excluding hydrogens is 172 g/mol. The van der Waals surface area contributed by atoms with Crippen LogP contribution in [-0.2, 0) is 4.74 Å². The second kappa shape index (κ2) is 7.28. The van der Waals surface area contributed by atoms with Gasteiger partial charge >= 0.3 is 0 Å². The van der Waals surface area contributed by atoms with Crippen molar-refractivity contribution < 1.29 is 4.74 Å². The van der Waals surface area contributed by atoms with Gasteiger partial charge in [0.1, 0.15) is 0 Å². The predicted molar refractivity (Wildman–Crippen MR) is 61.5 cm³/mol. The number of hydrogen-bond acceptors (Lipinski definition) is 1. The van der Waals surface area contributed by atoms with E-state index in [0.717, 1.165) is 5.92 Å². The Morgan fingerprint density at radius 2 is 1.64 bits per heavy atom. The van der Waals surface area contributed by atoms with Gasteiger partial charge in [-0.1, -0.05) is 51.9 Å². The summed E-state index contributed by atoms with van der Waals surface area (Å²) in [6.07, 6.45) is 13.4. The van der Waals surface area contributed by atoms with Crippen LogP contribution in [0.5, 0.6) is 0 Å². The van der Waals surface area contributed by atoms with Gasteiger partial charge in [-0.25, -0.2) is 0 Å². The molecule has 1 heteroatoms. The summed E-state index contributed by atoms with van der Waals surface area (Å²) in [4.78, 5) is 0. The van der Waals surface area contributed by atoms with E-state index in [9.17, 15) is 0 Å². The minimum absolute atomic E-state index is 0.620. The zero-order valence-corrected chi connectivity index (χ0v) is 9.93. The molecule has 2 unspecified atom stereocenters. The maximum Gasteiger partial charge on any atom is 0.0604 e. The van der Waals surface area contributed by atoms with Crippen LogP contribution < -0.4 is 0 Å². The molecule has 1 aliphatic rings. The molecule has 1 rings (SSSR count). The quantitative estimate of drug-likeness (QED) is 0.505. The molecule has 2 atom stereocenters. The van der Waals surface area contributed by atoms with Crippen molar-refractivity contribution in [3.63, 3.8) is 0 Å². The van der Waals surface area contributed by atoms with Gasteiger partial charge in [0, 0.05) is 7.11 Å². The van der Waals surface area contributed by atoms with Crippen molar-refractivity contribution in [1.82, 2.24) is 0 Å². The fourth-order valence-electron chi connectivity index (χ4n) is 2.18. The van der Waals surface area contributed by atoms with Gasteiger partial charge in [-0.3, -0.25) is 0 Å². The van der Waals surface area contributed by atoms with Crippen molar-refractivity contribution in [1.29, 1.82) is 0 Å².